The third kappa shape index (κ3) is 9.14. The summed E-state index contributed by atoms with van der Waals surface area (Å²) in [4.78, 5) is 13.0. The van der Waals surface area contributed by atoms with E-state index in [0.29, 0.717) is 6.42 Å². The molecule has 1 N–H and O–H groups in total. The van der Waals surface area contributed by atoms with Gasteiger partial charge < -0.3 is 10.1 Å². The summed E-state index contributed by atoms with van der Waals surface area (Å²) in [6.45, 7) is 6.61. The van der Waals surface area contributed by atoms with Crippen LogP contribution in [0.3, 0.4) is 0 Å². The van der Waals surface area contributed by atoms with Crippen LogP contribution in [0.25, 0.3) is 0 Å². The van der Waals surface area contributed by atoms with Crippen LogP contribution in [-0.4, -0.2) is 55.4 Å². The van der Waals surface area contributed by atoms with Gasteiger partial charge in [0.15, 0.2) is 0 Å². The molecule has 4 nitrogen and oxygen atoms in total. The summed E-state index contributed by atoms with van der Waals surface area (Å²) in [7, 11) is 0. The molecule has 0 radical (unpaired) electrons. The third-order valence-corrected chi connectivity index (χ3v) is 2.49. The Morgan fingerprint density at radius 2 is 1.90 bits per heavy atom. The second kappa shape index (κ2) is 9.18. The number of carbonyl (C=O) groups excluding carboxylic acids is 1. The van der Waals surface area contributed by atoms with E-state index in [9.17, 15) is 18.0 Å². The van der Waals surface area contributed by atoms with Crippen LogP contribution in [0.1, 0.15) is 34.1 Å². The molecule has 1 unspecified atom stereocenters. The van der Waals surface area contributed by atoms with Crippen molar-refractivity contribution >= 4 is 5.97 Å². The number of hydrogen-bond acceptors (Lipinski definition) is 4. The van der Waals surface area contributed by atoms with Gasteiger partial charge in [0.2, 0.25) is 0 Å². The first-order valence-electron chi connectivity index (χ1n) is 6.91. The number of carbonyl (C=O) groups is 1. The second-order valence-electron chi connectivity index (χ2n) is 4.98. The van der Waals surface area contributed by atoms with Gasteiger partial charge in [-0.05, 0) is 19.9 Å². The normalized spacial score (nSPS) is 13.8. The van der Waals surface area contributed by atoms with E-state index in [1.807, 2.05) is 13.8 Å². The first kappa shape index (κ1) is 19.2. The standard InChI is InChI=1S/C13H25F3N2O2/c1-5-7-18(9-13(14,15)16)8-11(17-10(3)4)12(19)20-6-2/h10-11,17H,5-9H2,1-4H3. The molecule has 0 fully saturated rings. The zero-order chi connectivity index (χ0) is 15.8. The van der Waals surface area contributed by atoms with Crippen LogP contribution < -0.4 is 5.32 Å². The number of nitrogens with one attached hydrogen (secondary N) is 1. The fourth-order valence-electron chi connectivity index (χ4n) is 1.90. The van der Waals surface area contributed by atoms with Crippen LogP contribution in [0.15, 0.2) is 0 Å². The highest BCUT2D eigenvalue weighted by Gasteiger charge is 2.33. The van der Waals surface area contributed by atoms with Crippen molar-refractivity contribution in [3.8, 4) is 0 Å². The minimum atomic E-state index is -4.27. The van der Waals surface area contributed by atoms with Gasteiger partial charge in [0.25, 0.3) is 0 Å². The van der Waals surface area contributed by atoms with E-state index in [1.54, 1.807) is 13.8 Å². The van der Waals surface area contributed by atoms with Crippen molar-refractivity contribution in [2.24, 2.45) is 0 Å². The molecule has 0 bridgehead atoms. The van der Waals surface area contributed by atoms with Crippen LogP contribution in [0.5, 0.6) is 0 Å². The minimum Gasteiger partial charge on any atom is -0.465 e. The molecule has 0 saturated heterocycles. The average Bonchev–Trinajstić information content (AvgIpc) is 2.25. The van der Waals surface area contributed by atoms with E-state index in [4.69, 9.17) is 4.74 Å². The molecule has 0 aliphatic heterocycles. The SMILES string of the molecule is CCCN(CC(NC(C)C)C(=O)OCC)CC(F)(F)F. The summed E-state index contributed by atoms with van der Waals surface area (Å²) in [6.07, 6.45) is -3.68. The van der Waals surface area contributed by atoms with Gasteiger partial charge in [0.05, 0.1) is 13.2 Å². The van der Waals surface area contributed by atoms with Crippen LogP contribution >= 0.6 is 0 Å². The molecule has 0 spiro atoms. The van der Waals surface area contributed by atoms with Crippen molar-refractivity contribution in [2.75, 3.05) is 26.2 Å². The predicted molar refractivity (Wildman–Crippen MR) is 71.5 cm³/mol. The lowest BCUT2D eigenvalue weighted by atomic mass is 10.2. The van der Waals surface area contributed by atoms with Crippen molar-refractivity contribution < 1.29 is 22.7 Å². The number of ether oxygens (including phenoxy) is 1. The van der Waals surface area contributed by atoms with Gasteiger partial charge in [-0.15, -0.1) is 0 Å². The van der Waals surface area contributed by atoms with Crippen LogP contribution in [0.2, 0.25) is 0 Å². The summed E-state index contributed by atoms with van der Waals surface area (Å²) in [6, 6.07) is -0.761. The molecule has 20 heavy (non-hydrogen) atoms. The Labute approximate surface area is 118 Å². The van der Waals surface area contributed by atoms with Crippen molar-refractivity contribution in [2.45, 2.75) is 52.4 Å². The van der Waals surface area contributed by atoms with Gasteiger partial charge in [-0.25, -0.2) is 0 Å². The highest BCUT2D eigenvalue weighted by molar-refractivity contribution is 5.76. The van der Waals surface area contributed by atoms with Crippen LogP contribution in [0, 0.1) is 0 Å². The topological polar surface area (TPSA) is 41.6 Å². The second-order valence-corrected chi connectivity index (χ2v) is 4.98. The van der Waals surface area contributed by atoms with Gasteiger partial charge in [0, 0.05) is 12.6 Å². The van der Waals surface area contributed by atoms with Crippen molar-refractivity contribution in [1.82, 2.24) is 10.2 Å². The Hall–Kier alpha value is -0.820. The molecule has 0 rings (SSSR count). The molecule has 0 saturated carbocycles. The average molecular weight is 298 g/mol. The molecule has 0 aromatic rings. The van der Waals surface area contributed by atoms with E-state index in [0.717, 1.165) is 0 Å². The van der Waals surface area contributed by atoms with Gasteiger partial charge in [-0.2, -0.15) is 13.2 Å². The fraction of sp³-hybridized carbons (Fsp3) is 0.923. The summed E-state index contributed by atoms with van der Waals surface area (Å²) in [5.41, 5.74) is 0. The Morgan fingerprint density at radius 3 is 2.30 bits per heavy atom. The summed E-state index contributed by atoms with van der Waals surface area (Å²) in [5.74, 6) is -0.510. The van der Waals surface area contributed by atoms with E-state index < -0.39 is 24.7 Å². The fourth-order valence-corrected chi connectivity index (χ4v) is 1.90. The lowest BCUT2D eigenvalue weighted by molar-refractivity contribution is -0.154. The number of esters is 1. The van der Waals surface area contributed by atoms with Crippen LogP contribution in [-0.2, 0) is 9.53 Å². The number of alkyl halides is 3. The molecule has 0 aromatic heterocycles. The zero-order valence-corrected chi connectivity index (χ0v) is 12.6. The Morgan fingerprint density at radius 1 is 1.30 bits per heavy atom. The Bertz CT molecular complexity index is 283. The summed E-state index contributed by atoms with van der Waals surface area (Å²) >= 11 is 0. The lowest BCUT2D eigenvalue weighted by Gasteiger charge is -2.28. The van der Waals surface area contributed by atoms with E-state index in [1.165, 1.54) is 4.90 Å². The highest BCUT2D eigenvalue weighted by atomic mass is 19.4. The van der Waals surface area contributed by atoms with Gasteiger partial charge in [0.1, 0.15) is 6.04 Å². The third-order valence-electron chi connectivity index (χ3n) is 2.49. The first-order chi connectivity index (χ1) is 9.19. The molecule has 0 amide bonds. The van der Waals surface area contributed by atoms with Gasteiger partial charge in [-0.3, -0.25) is 9.69 Å². The van der Waals surface area contributed by atoms with Crippen molar-refractivity contribution in [1.29, 1.82) is 0 Å². The first-order valence-corrected chi connectivity index (χ1v) is 6.91. The van der Waals surface area contributed by atoms with E-state index in [2.05, 4.69) is 5.32 Å². The number of halogens is 3. The van der Waals surface area contributed by atoms with Crippen molar-refractivity contribution in [3.63, 3.8) is 0 Å². The molecule has 1 atom stereocenters. The molecule has 0 aliphatic rings. The number of hydrogen-bond donors (Lipinski definition) is 1. The van der Waals surface area contributed by atoms with Gasteiger partial charge in [-0.1, -0.05) is 20.8 Å². The Balaban J connectivity index is 4.73. The van der Waals surface area contributed by atoms with E-state index in [-0.39, 0.29) is 25.7 Å². The maximum atomic E-state index is 12.5. The molecule has 0 aliphatic carbocycles. The lowest BCUT2D eigenvalue weighted by Crippen LogP contribution is -2.51. The van der Waals surface area contributed by atoms with Crippen LogP contribution in [0.4, 0.5) is 13.2 Å². The largest absolute Gasteiger partial charge is 0.465 e. The van der Waals surface area contributed by atoms with Crippen molar-refractivity contribution in [3.05, 3.63) is 0 Å². The van der Waals surface area contributed by atoms with E-state index >= 15 is 0 Å². The summed E-state index contributed by atoms with van der Waals surface area (Å²) in [5, 5.41) is 2.96. The molecule has 7 heteroatoms. The quantitative estimate of drug-likeness (QED) is 0.663. The monoisotopic (exact) mass is 298 g/mol. The molecule has 0 heterocycles. The predicted octanol–water partition coefficient (Wildman–Crippen LogP) is 2.19. The molecular formula is C13H25F3N2O2. The number of rotatable bonds is 9. The minimum absolute atomic E-state index is 0.00956. The van der Waals surface area contributed by atoms with Gasteiger partial charge >= 0.3 is 12.1 Å². The molecule has 0 aromatic carbocycles. The Kier molecular flexibility index (Phi) is 8.80. The highest BCUT2D eigenvalue weighted by Crippen LogP contribution is 2.17. The summed E-state index contributed by atoms with van der Waals surface area (Å²) < 4.78 is 42.4. The maximum Gasteiger partial charge on any atom is 0.401 e. The maximum absolute atomic E-state index is 12.5. The zero-order valence-electron chi connectivity index (χ0n) is 12.6. The number of nitrogens with zero attached hydrogens (tertiary/aromatic N) is 1. The molecular weight excluding hydrogens is 273 g/mol. The molecule has 120 valence electrons. The smallest absolute Gasteiger partial charge is 0.401 e.